The molecule has 0 radical (unpaired) electrons. The molecule has 0 spiro atoms. The van der Waals surface area contributed by atoms with Crippen molar-refractivity contribution in [1.29, 1.82) is 0 Å². The highest BCUT2D eigenvalue weighted by Gasteiger charge is 2.29. The highest BCUT2D eigenvalue weighted by atomic mass is 35.5. The number of ether oxygens (including phenoxy) is 1. The summed E-state index contributed by atoms with van der Waals surface area (Å²) in [5, 5.41) is 0. The quantitative estimate of drug-likeness (QED) is 0.855. The summed E-state index contributed by atoms with van der Waals surface area (Å²) in [6, 6.07) is 10.4. The second kappa shape index (κ2) is 9.40. The largest absolute Gasteiger partial charge is 0.376 e. The maximum Gasteiger partial charge on any atom is 0.223 e. The van der Waals surface area contributed by atoms with Crippen molar-refractivity contribution in [2.24, 2.45) is 11.7 Å². The molecule has 3 rings (SSSR count). The van der Waals surface area contributed by atoms with Crippen molar-refractivity contribution in [3.8, 4) is 0 Å². The maximum atomic E-state index is 12.9. The number of rotatable bonds is 6. The molecule has 2 N–H and O–H groups in total. The van der Waals surface area contributed by atoms with Gasteiger partial charge in [0, 0.05) is 32.2 Å². The van der Waals surface area contributed by atoms with Crippen molar-refractivity contribution in [2.45, 2.75) is 57.2 Å². The van der Waals surface area contributed by atoms with E-state index in [1.807, 2.05) is 23.1 Å². The molecule has 2 fully saturated rings. The molecule has 1 aliphatic carbocycles. The number of carbonyl (C=O) groups is 1. The molecule has 3 atom stereocenters. The number of hydrogen-bond donors (Lipinski definition) is 1. The average Bonchev–Trinajstić information content (AvgIpc) is 3.20. The Bertz CT molecular complexity index is 505. The average molecular weight is 353 g/mol. The molecule has 1 unspecified atom stereocenters. The monoisotopic (exact) mass is 352 g/mol. The van der Waals surface area contributed by atoms with Crippen molar-refractivity contribution in [3.05, 3.63) is 35.9 Å². The Kier molecular flexibility index (Phi) is 7.53. The van der Waals surface area contributed by atoms with E-state index in [0.29, 0.717) is 25.4 Å². The number of benzene rings is 1. The molecule has 0 bridgehead atoms. The van der Waals surface area contributed by atoms with Gasteiger partial charge in [-0.2, -0.15) is 0 Å². The lowest BCUT2D eigenvalue weighted by molar-refractivity contribution is -0.134. The molecule has 4 nitrogen and oxygen atoms in total. The highest BCUT2D eigenvalue weighted by molar-refractivity contribution is 5.85. The second-order valence-corrected chi connectivity index (χ2v) is 6.95. The van der Waals surface area contributed by atoms with Crippen molar-refractivity contribution in [2.75, 3.05) is 13.2 Å². The van der Waals surface area contributed by atoms with Gasteiger partial charge in [-0.15, -0.1) is 12.4 Å². The number of halogens is 1. The van der Waals surface area contributed by atoms with E-state index in [1.165, 1.54) is 5.56 Å². The van der Waals surface area contributed by atoms with Gasteiger partial charge in [0.1, 0.15) is 0 Å². The number of carbonyl (C=O) groups excluding carboxylic acids is 1. The Hall–Kier alpha value is -1.10. The molecule has 1 aromatic carbocycles. The minimum atomic E-state index is 0. The summed E-state index contributed by atoms with van der Waals surface area (Å²) in [6.45, 7) is 2.20. The third-order valence-electron chi connectivity index (χ3n) is 5.17. The van der Waals surface area contributed by atoms with Gasteiger partial charge in [0.15, 0.2) is 0 Å². The number of nitrogens with zero attached hydrogens (tertiary/aromatic N) is 1. The lowest BCUT2D eigenvalue weighted by Crippen LogP contribution is -2.39. The van der Waals surface area contributed by atoms with Crippen LogP contribution in [0.25, 0.3) is 0 Å². The van der Waals surface area contributed by atoms with Crippen LogP contribution in [0.4, 0.5) is 0 Å². The smallest absolute Gasteiger partial charge is 0.223 e. The molecule has 24 heavy (non-hydrogen) atoms. The van der Waals surface area contributed by atoms with Gasteiger partial charge in [-0.25, -0.2) is 0 Å². The second-order valence-electron chi connectivity index (χ2n) is 6.95. The Balaban J connectivity index is 0.00000208. The van der Waals surface area contributed by atoms with E-state index in [-0.39, 0.29) is 30.5 Å². The van der Waals surface area contributed by atoms with Crippen LogP contribution in [0, 0.1) is 5.92 Å². The van der Waals surface area contributed by atoms with Gasteiger partial charge in [0.05, 0.1) is 6.10 Å². The predicted octanol–water partition coefficient (Wildman–Crippen LogP) is 3.13. The van der Waals surface area contributed by atoms with Crippen LogP contribution in [0.3, 0.4) is 0 Å². The summed E-state index contributed by atoms with van der Waals surface area (Å²) in [7, 11) is 0. The van der Waals surface area contributed by atoms with Crippen LogP contribution in [0.1, 0.15) is 44.1 Å². The van der Waals surface area contributed by atoms with Crippen LogP contribution in [-0.4, -0.2) is 36.1 Å². The van der Waals surface area contributed by atoms with Crippen LogP contribution < -0.4 is 5.73 Å². The molecule has 2 aliphatic rings. The van der Waals surface area contributed by atoms with E-state index in [4.69, 9.17) is 10.5 Å². The summed E-state index contributed by atoms with van der Waals surface area (Å²) < 4.78 is 5.74. The number of amides is 1. The summed E-state index contributed by atoms with van der Waals surface area (Å²) in [5.41, 5.74) is 7.32. The highest BCUT2D eigenvalue weighted by Crippen LogP contribution is 2.28. The van der Waals surface area contributed by atoms with Gasteiger partial charge in [-0.1, -0.05) is 36.8 Å². The predicted molar refractivity (Wildman–Crippen MR) is 98.0 cm³/mol. The SMILES string of the molecule is Cl.N[C@@H]1CCC[C@H]1CC(=O)N(Cc1ccccc1)CC1CCCO1. The zero-order valence-electron chi connectivity index (χ0n) is 14.2. The maximum absolute atomic E-state index is 12.9. The fourth-order valence-corrected chi connectivity index (χ4v) is 3.76. The van der Waals surface area contributed by atoms with Crippen LogP contribution in [0.15, 0.2) is 30.3 Å². The standard InChI is InChI=1S/C19H28N2O2.ClH/c20-18-10-4-8-16(18)12-19(22)21(14-17-9-5-11-23-17)13-15-6-2-1-3-7-15;/h1-3,6-7,16-18H,4-5,8-14,20H2;1H/t16-,17?,18+;/m0./s1. The molecule has 1 saturated heterocycles. The minimum absolute atomic E-state index is 0. The molecule has 0 aromatic heterocycles. The van der Waals surface area contributed by atoms with Gasteiger partial charge >= 0.3 is 0 Å². The van der Waals surface area contributed by atoms with Gasteiger partial charge in [0.25, 0.3) is 0 Å². The van der Waals surface area contributed by atoms with Crippen molar-refractivity contribution < 1.29 is 9.53 Å². The molecule has 1 amide bonds. The third-order valence-corrected chi connectivity index (χ3v) is 5.17. The zero-order valence-corrected chi connectivity index (χ0v) is 15.0. The molecule has 5 heteroatoms. The Morgan fingerprint density at radius 2 is 1.96 bits per heavy atom. The van der Waals surface area contributed by atoms with Crippen molar-refractivity contribution in [3.63, 3.8) is 0 Å². The molecule has 134 valence electrons. The van der Waals surface area contributed by atoms with E-state index in [1.54, 1.807) is 0 Å². The first-order valence-electron chi connectivity index (χ1n) is 8.91. The first-order valence-corrected chi connectivity index (χ1v) is 8.91. The molecule has 1 aliphatic heterocycles. The van der Waals surface area contributed by atoms with E-state index in [9.17, 15) is 4.79 Å². The lowest BCUT2D eigenvalue weighted by Gasteiger charge is -2.27. The topological polar surface area (TPSA) is 55.6 Å². The van der Waals surface area contributed by atoms with E-state index in [0.717, 1.165) is 38.7 Å². The number of nitrogens with two attached hydrogens (primary N) is 1. The molecule has 1 saturated carbocycles. The Morgan fingerprint density at radius 3 is 2.58 bits per heavy atom. The molecular weight excluding hydrogens is 324 g/mol. The van der Waals surface area contributed by atoms with Crippen LogP contribution in [0.2, 0.25) is 0 Å². The zero-order chi connectivity index (χ0) is 16.1. The molecular formula is C19H29ClN2O2. The summed E-state index contributed by atoms with van der Waals surface area (Å²) in [5.74, 6) is 0.581. The van der Waals surface area contributed by atoms with E-state index >= 15 is 0 Å². The molecule has 1 aromatic rings. The third kappa shape index (κ3) is 5.20. The van der Waals surface area contributed by atoms with E-state index < -0.39 is 0 Å². The van der Waals surface area contributed by atoms with Crippen molar-refractivity contribution in [1.82, 2.24) is 4.90 Å². The first kappa shape index (κ1) is 19.2. The fraction of sp³-hybridized carbons (Fsp3) is 0.632. The lowest BCUT2D eigenvalue weighted by atomic mass is 9.99. The summed E-state index contributed by atoms with van der Waals surface area (Å²) >= 11 is 0. The van der Waals surface area contributed by atoms with Gasteiger partial charge in [-0.3, -0.25) is 4.79 Å². The fourth-order valence-electron chi connectivity index (χ4n) is 3.76. The summed E-state index contributed by atoms with van der Waals surface area (Å²) in [4.78, 5) is 14.8. The normalized spacial score (nSPS) is 26.1. The van der Waals surface area contributed by atoms with Crippen LogP contribution in [0.5, 0.6) is 0 Å². The van der Waals surface area contributed by atoms with Gasteiger partial charge in [0.2, 0.25) is 5.91 Å². The Labute approximate surface area is 151 Å². The van der Waals surface area contributed by atoms with E-state index in [2.05, 4.69) is 12.1 Å². The van der Waals surface area contributed by atoms with Gasteiger partial charge in [-0.05, 0) is 37.2 Å². The van der Waals surface area contributed by atoms with Gasteiger partial charge < -0.3 is 15.4 Å². The minimum Gasteiger partial charge on any atom is -0.376 e. The van der Waals surface area contributed by atoms with Crippen LogP contribution in [-0.2, 0) is 16.1 Å². The first-order chi connectivity index (χ1) is 11.2. The molecule has 1 heterocycles. The van der Waals surface area contributed by atoms with Crippen LogP contribution >= 0.6 is 12.4 Å². The summed E-state index contributed by atoms with van der Waals surface area (Å²) in [6.07, 6.45) is 6.24. The number of hydrogen-bond acceptors (Lipinski definition) is 3. The van der Waals surface area contributed by atoms with Crippen molar-refractivity contribution >= 4 is 18.3 Å². The Morgan fingerprint density at radius 1 is 1.17 bits per heavy atom.